The quantitative estimate of drug-likeness (QED) is 0.562. The Morgan fingerprint density at radius 1 is 1.31 bits per heavy atom. The molecule has 1 aromatic heterocycles. The fraction of sp³-hybridized carbons (Fsp3) is 0.214. The summed E-state index contributed by atoms with van der Waals surface area (Å²) in [6.45, 7) is 0.675. The van der Waals surface area contributed by atoms with Crippen molar-refractivity contribution in [2.24, 2.45) is 0 Å². The maximum absolute atomic E-state index is 4.93. The number of rotatable bonds is 2. The number of nitrogens with zero attached hydrogens (tertiary/aromatic N) is 1. The Morgan fingerprint density at radius 3 is 3.06 bits per heavy atom. The number of hydrogen-bond acceptors (Lipinski definition) is 2. The summed E-state index contributed by atoms with van der Waals surface area (Å²) in [5.74, 6) is 6.13. The van der Waals surface area contributed by atoms with Crippen molar-refractivity contribution >= 4 is 10.9 Å². The molecule has 16 heavy (non-hydrogen) atoms. The van der Waals surface area contributed by atoms with E-state index in [4.69, 9.17) is 4.74 Å². The van der Waals surface area contributed by atoms with Gasteiger partial charge in [-0.05, 0) is 12.1 Å². The van der Waals surface area contributed by atoms with Gasteiger partial charge >= 0.3 is 0 Å². The summed E-state index contributed by atoms with van der Waals surface area (Å²) in [5, 5.41) is 1.13. The highest BCUT2D eigenvalue weighted by molar-refractivity contribution is 5.79. The smallest absolute Gasteiger partial charge is 0.0702 e. The van der Waals surface area contributed by atoms with Gasteiger partial charge in [0, 0.05) is 30.7 Å². The predicted molar refractivity (Wildman–Crippen MR) is 65.1 cm³/mol. The summed E-state index contributed by atoms with van der Waals surface area (Å²) in [6, 6.07) is 10.1. The molecule has 0 atom stereocenters. The van der Waals surface area contributed by atoms with Gasteiger partial charge in [-0.15, -0.1) is 0 Å². The van der Waals surface area contributed by atoms with Crippen LogP contribution in [0.2, 0.25) is 0 Å². The third-order valence-electron chi connectivity index (χ3n) is 2.25. The second-order valence-corrected chi connectivity index (χ2v) is 3.46. The molecule has 2 nitrogen and oxygen atoms in total. The van der Waals surface area contributed by atoms with E-state index in [1.807, 2.05) is 30.5 Å². The van der Waals surface area contributed by atoms with Gasteiger partial charge in [-0.1, -0.05) is 30.0 Å². The van der Waals surface area contributed by atoms with Gasteiger partial charge in [-0.3, -0.25) is 4.98 Å². The van der Waals surface area contributed by atoms with Gasteiger partial charge in [-0.25, -0.2) is 0 Å². The first kappa shape index (κ1) is 10.7. The average Bonchev–Trinajstić information content (AvgIpc) is 2.34. The molecular formula is C14H13NO. The summed E-state index contributed by atoms with van der Waals surface area (Å²) >= 11 is 0. The molecule has 0 spiro atoms. The summed E-state index contributed by atoms with van der Waals surface area (Å²) in [4.78, 5) is 4.35. The van der Waals surface area contributed by atoms with E-state index >= 15 is 0 Å². The molecule has 0 aliphatic rings. The Hall–Kier alpha value is -1.85. The monoisotopic (exact) mass is 211 g/mol. The minimum absolute atomic E-state index is 0.675. The van der Waals surface area contributed by atoms with Crippen LogP contribution in [0.5, 0.6) is 0 Å². The van der Waals surface area contributed by atoms with E-state index in [1.54, 1.807) is 7.11 Å². The van der Waals surface area contributed by atoms with Crippen LogP contribution in [-0.4, -0.2) is 18.7 Å². The van der Waals surface area contributed by atoms with Crippen molar-refractivity contribution < 1.29 is 4.74 Å². The second kappa shape index (κ2) is 5.29. The first-order valence-corrected chi connectivity index (χ1v) is 5.23. The van der Waals surface area contributed by atoms with Crippen molar-refractivity contribution in [2.45, 2.75) is 6.42 Å². The van der Waals surface area contributed by atoms with E-state index in [-0.39, 0.29) is 0 Å². The molecule has 0 aliphatic heterocycles. The molecule has 0 bridgehead atoms. The molecule has 0 fully saturated rings. The minimum atomic E-state index is 0.675. The Labute approximate surface area is 95.3 Å². The van der Waals surface area contributed by atoms with E-state index in [2.05, 4.69) is 22.9 Å². The Bertz CT molecular complexity index is 537. The highest BCUT2D eigenvalue weighted by Crippen LogP contribution is 2.11. The molecule has 2 aromatic rings. The zero-order valence-corrected chi connectivity index (χ0v) is 9.23. The van der Waals surface area contributed by atoms with Crippen molar-refractivity contribution in [1.29, 1.82) is 0 Å². The van der Waals surface area contributed by atoms with Crippen molar-refractivity contribution in [1.82, 2.24) is 4.98 Å². The fourth-order valence-corrected chi connectivity index (χ4v) is 1.46. The Morgan fingerprint density at radius 2 is 2.19 bits per heavy atom. The minimum Gasteiger partial charge on any atom is -0.384 e. The van der Waals surface area contributed by atoms with Crippen molar-refractivity contribution in [3.63, 3.8) is 0 Å². The third-order valence-corrected chi connectivity index (χ3v) is 2.25. The van der Waals surface area contributed by atoms with E-state index in [9.17, 15) is 0 Å². The lowest BCUT2D eigenvalue weighted by Gasteiger charge is -1.96. The molecule has 1 aromatic carbocycles. The van der Waals surface area contributed by atoms with Gasteiger partial charge in [0.05, 0.1) is 12.1 Å². The van der Waals surface area contributed by atoms with Crippen molar-refractivity contribution in [3.8, 4) is 11.8 Å². The van der Waals surface area contributed by atoms with Crippen LogP contribution < -0.4 is 0 Å². The number of methoxy groups -OCH3 is 1. The summed E-state index contributed by atoms with van der Waals surface area (Å²) in [6.07, 6.45) is 2.56. The lowest BCUT2D eigenvalue weighted by Crippen LogP contribution is -1.85. The average molecular weight is 211 g/mol. The van der Waals surface area contributed by atoms with Gasteiger partial charge in [-0.2, -0.15) is 0 Å². The number of aromatic nitrogens is 1. The van der Waals surface area contributed by atoms with Gasteiger partial charge in [0.25, 0.3) is 0 Å². The van der Waals surface area contributed by atoms with E-state index in [0.29, 0.717) is 6.61 Å². The van der Waals surface area contributed by atoms with E-state index in [1.165, 1.54) is 0 Å². The Balaban J connectivity index is 2.21. The largest absolute Gasteiger partial charge is 0.384 e. The lowest BCUT2D eigenvalue weighted by molar-refractivity contribution is 0.206. The SMILES string of the molecule is COCCC#Cc1cnc2ccccc2c1. The normalized spacial score (nSPS) is 9.81. The molecule has 0 unspecified atom stereocenters. The van der Waals surface area contributed by atoms with Crippen LogP contribution in [0.3, 0.4) is 0 Å². The zero-order chi connectivity index (χ0) is 11.2. The van der Waals surface area contributed by atoms with Crippen molar-refractivity contribution in [3.05, 3.63) is 42.1 Å². The molecule has 0 amide bonds. The standard InChI is InChI=1S/C14H13NO/c1-16-9-5-4-6-12-10-13-7-2-3-8-14(13)15-11-12/h2-3,7-8,10-11H,5,9H2,1H3. The van der Waals surface area contributed by atoms with Gasteiger partial charge in [0.1, 0.15) is 0 Å². The summed E-state index contributed by atoms with van der Waals surface area (Å²) < 4.78 is 4.93. The van der Waals surface area contributed by atoms with Crippen LogP contribution in [0, 0.1) is 11.8 Å². The predicted octanol–water partition coefficient (Wildman–Crippen LogP) is 2.62. The number of pyridine rings is 1. The maximum Gasteiger partial charge on any atom is 0.0702 e. The molecule has 1 heterocycles. The van der Waals surface area contributed by atoms with Crippen LogP contribution in [0.25, 0.3) is 10.9 Å². The lowest BCUT2D eigenvalue weighted by atomic mass is 10.1. The highest BCUT2D eigenvalue weighted by Gasteiger charge is 1.93. The van der Waals surface area contributed by atoms with E-state index < -0.39 is 0 Å². The molecule has 0 saturated carbocycles. The fourth-order valence-electron chi connectivity index (χ4n) is 1.46. The molecule has 0 aliphatic carbocycles. The van der Waals surface area contributed by atoms with Gasteiger partial charge in [0.15, 0.2) is 0 Å². The summed E-state index contributed by atoms with van der Waals surface area (Å²) in [5.41, 5.74) is 1.96. The third kappa shape index (κ3) is 2.59. The van der Waals surface area contributed by atoms with E-state index in [0.717, 1.165) is 22.9 Å². The van der Waals surface area contributed by atoms with Gasteiger partial charge in [0.2, 0.25) is 0 Å². The first-order chi connectivity index (χ1) is 7.90. The van der Waals surface area contributed by atoms with Crippen LogP contribution in [0.15, 0.2) is 36.5 Å². The molecule has 2 heteroatoms. The molecule has 80 valence electrons. The maximum atomic E-state index is 4.93. The molecule has 2 rings (SSSR count). The number of ether oxygens (including phenoxy) is 1. The molecule has 0 radical (unpaired) electrons. The molecular weight excluding hydrogens is 198 g/mol. The topological polar surface area (TPSA) is 22.1 Å². The van der Waals surface area contributed by atoms with Crippen LogP contribution >= 0.6 is 0 Å². The second-order valence-electron chi connectivity index (χ2n) is 3.46. The van der Waals surface area contributed by atoms with Crippen LogP contribution in [0.4, 0.5) is 0 Å². The van der Waals surface area contributed by atoms with Crippen LogP contribution in [-0.2, 0) is 4.74 Å². The van der Waals surface area contributed by atoms with Crippen molar-refractivity contribution in [2.75, 3.05) is 13.7 Å². The zero-order valence-electron chi connectivity index (χ0n) is 9.23. The first-order valence-electron chi connectivity index (χ1n) is 5.23. The molecule has 0 N–H and O–H groups in total. The number of fused-ring (bicyclic) bond motifs is 1. The summed E-state index contributed by atoms with van der Waals surface area (Å²) in [7, 11) is 1.68. The highest BCUT2D eigenvalue weighted by atomic mass is 16.5. The number of benzene rings is 1. The number of para-hydroxylation sites is 1. The number of hydrogen-bond donors (Lipinski definition) is 0. The Kier molecular flexibility index (Phi) is 3.53. The van der Waals surface area contributed by atoms with Crippen LogP contribution in [0.1, 0.15) is 12.0 Å². The van der Waals surface area contributed by atoms with Gasteiger partial charge < -0.3 is 4.74 Å². The molecule has 0 saturated heterocycles.